The van der Waals surface area contributed by atoms with Gasteiger partial charge in [-0.25, -0.2) is 4.98 Å². The highest BCUT2D eigenvalue weighted by Gasteiger charge is 2.11. The Balaban J connectivity index is 1.98. The lowest BCUT2D eigenvalue weighted by Gasteiger charge is -2.12. The molecule has 6 heteroatoms. The minimum Gasteiger partial charge on any atom is -0.442 e. The zero-order valence-electron chi connectivity index (χ0n) is 12.0. The summed E-state index contributed by atoms with van der Waals surface area (Å²) in [5.41, 5.74) is 2.15. The van der Waals surface area contributed by atoms with E-state index in [1.54, 1.807) is 0 Å². The van der Waals surface area contributed by atoms with Crippen molar-refractivity contribution in [2.45, 2.75) is 45.4 Å². The molecule has 5 nitrogen and oxygen atoms in total. The number of hydrogen-bond acceptors (Lipinski definition) is 5. The smallest absolute Gasteiger partial charge is 0.264 e. The largest absolute Gasteiger partial charge is 0.442 e. The second kappa shape index (κ2) is 6.54. The summed E-state index contributed by atoms with van der Waals surface area (Å²) in [6.07, 6.45) is 9.51. The summed E-state index contributed by atoms with van der Waals surface area (Å²) in [6, 6.07) is 0. The second-order valence-corrected chi connectivity index (χ2v) is 6.84. The van der Waals surface area contributed by atoms with Crippen molar-refractivity contribution >= 4 is 16.2 Å². The first-order valence-corrected chi connectivity index (χ1v) is 8.76. The molecule has 1 aromatic rings. The number of nitrogens with zero attached hydrogens (tertiary/aromatic N) is 1. The van der Waals surface area contributed by atoms with Crippen LogP contribution < -0.4 is 0 Å². The molecule has 1 aliphatic rings. The molecule has 0 unspecified atom stereocenters. The molecule has 0 atom stereocenters. The van der Waals surface area contributed by atoms with Crippen molar-refractivity contribution < 1.29 is 17.0 Å². The molecule has 1 aliphatic carbocycles. The molecular formula is C14H21NO4S. The molecule has 1 fully saturated rings. The van der Waals surface area contributed by atoms with E-state index in [1.165, 1.54) is 24.8 Å². The average molecular weight is 299 g/mol. The zero-order chi connectivity index (χ0) is 14.6. The van der Waals surface area contributed by atoms with Crippen LogP contribution in [0.5, 0.6) is 0 Å². The van der Waals surface area contributed by atoms with E-state index in [2.05, 4.69) is 4.98 Å². The van der Waals surface area contributed by atoms with Crippen molar-refractivity contribution in [3.05, 3.63) is 22.9 Å². The van der Waals surface area contributed by atoms with E-state index < -0.39 is 10.1 Å². The van der Waals surface area contributed by atoms with E-state index in [1.807, 2.05) is 13.0 Å². The highest BCUT2D eigenvalue weighted by Crippen LogP contribution is 2.25. The number of hydrogen-bond donors (Lipinski definition) is 0. The third-order valence-electron chi connectivity index (χ3n) is 3.37. The van der Waals surface area contributed by atoms with E-state index in [-0.39, 0.29) is 6.61 Å². The number of allylic oxidation sites excluding steroid dienone is 1. The van der Waals surface area contributed by atoms with Gasteiger partial charge in [-0.1, -0.05) is 12.0 Å². The Bertz CT molecular complexity index is 578. The molecule has 0 spiro atoms. The maximum Gasteiger partial charge on any atom is 0.264 e. The first-order chi connectivity index (χ1) is 9.44. The Hall–Kier alpha value is -1.14. The predicted octanol–water partition coefficient (Wildman–Crippen LogP) is 2.85. The van der Waals surface area contributed by atoms with Crippen LogP contribution in [0.25, 0.3) is 6.08 Å². The lowest BCUT2D eigenvalue weighted by atomic mass is 9.95. The van der Waals surface area contributed by atoms with Gasteiger partial charge in [0.25, 0.3) is 10.1 Å². The Kier molecular flexibility index (Phi) is 4.99. The van der Waals surface area contributed by atoms with E-state index in [0.29, 0.717) is 12.3 Å². The van der Waals surface area contributed by atoms with Gasteiger partial charge in [0, 0.05) is 6.42 Å². The summed E-state index contributed by atoms with van der Waals surface area (Å²) in [7, 11) is -3.39. The number of aromatic nitrogens is 1. The second-order valence-electron chi connectivity index (χ2n) is 5.19. The van der Waals surface area contributed by atoms with Crippen LogP contribution in [0.15, 0.2) is 9.99 Å². The fourth-order valence-corrected chi connectivity index (χ4v) is 2.74. The Morgan fingerprint density at radius 2 is 2.00 bits per heavy atom. The maximum absolute atomic E-state index is 10.9. The zero-order valence-corrected chi connectivity index (χ0v) is 12.8. The fraction of sp³-hybridized carbons (Fsp3) is 0.643. The summed E-state index contributed by atoms with van der Waals surface area (Å²) in [4.78, 5) is 4.41. The highest BCUT2D eigenvalue weighted by atomic mass is 32.2. The maximum atomic E-state index is 10.9. The van der Waals surface area contributed by atoms with Crippen molar-refractivity contribution in [3.63, 3.8) is 0 Å². The molecular weight excluding hydrogens is 278 g/mol. The molecule has 0 aromatic carbocycles. The first-order valence-electron chi connectivity index (χ1n) is 6.94. The summed E-state index contributed by atoms with van der Waals surface area (Å²) >= 11 is 0. The summed E-state index contributed by atoms with van der Waals surface area (Å²) < 4.78 is 32.1. The van der Waals surface area contributed by atoms with Gasteiger partial charge >= 0.3 is 0 Å². The van der Waals surface area contributed by atoms with Gasteiger partial charge in [-0.3, -0.25) is 4.18 Å². The van der Waals surface area contributed by atoms with Crippen LogP contribution >= 0.6 is 0 Å². The molecule has 1 heterocycles. The van der Waals surface area contributed by atoms with Crippen LogP contribution in [0.3, 0.4) is 0 Å². The molecule has 0 amide bonds. The third-order valence-corrected chi connectivity index (χ3v) is 3.96. The van der Waals surface area contributed by atoms with Crippen molar-refractivity contribution in [1.82, 2.24) is 4.98 Å². The van der Waals surface area contributed by atoms with Crippen LogP contribution in [0.2, 0.25) is 0 Å². The Morgan fingerprint density at radius 3 is 2.65 bits per heavy atom. The highest BCUT2D eigenvalue weighted by molar-refractivity contribution is 7.85. The summed E-state index contributed by atoms with van der Waals surface area (Å²) in [6.45, 7) is 1.94. The number of rotatable bonds is 5. The molecule has 112 valence electrons. The molecule has 0 bridgehead atoms. The normalized spacial score (nSPS) is 16.4. The number of oxazole rings is 1. The topological polar surface area (TPSA) is 69.4 Å². The SMILES string of the molecule is Cc1oc(C=C2CCCCC2)nc1CCOS(C)(=O)=O. The van der Waals surface area contributed by atoms with E-state index in [0.717, 1.165) is 30.6 Å². The summed E-state index contributed by atoms with van der Waals surface area (Å²) in [5, 5.41) is 0. The van der Waals surface area contributed by atoms with Gasteiger partial charge in [0.15, 0.2) is 0 Å². The molecule has 0 radical (unpaired) electrons. The van der Waals surface area contributed by atoms with Crippen molar-refractivity contribution in [2.24, 2.45) is 0 Å². The molecule has 0 N–H and O–H groups in total. The third kappa shape index (κ3) is 4.76. The van der Waals surface area contributed by atoms with Gasteiger partial charge in [0.1, 0.15) is 5.76 Å². The Morgan fingerprint density at radius 1 is 1.30 bits per heavy atom. The molecule has 1 saturated carbocycles. The molecule has 0 aliphatic heterocycles. The van der Waals surface area contributed by atoms with Gasteiger partial charge in [-0.15, -0.1) is 0 Å². The average Bonchev–Trinajstić information content (AvgIpc) is 2.69. The standard InChI is InChI=1S/C14H21NO4S/c1-11-13(8-9-18-20(2,16)17)15-14(19-11)10-12-6-4-3-5-7-12/h10H,3-9H2,1-2H3. The van der Waals surface area contributed by atoms with Gasteiger partial charge < -0.3 is 4.42 Å². The monoisotopic (exact) mass is 299 g/mol. The van der Waals surface area contributed by atoms with Crippen molar-refractivity contribution in [1.29, 1.82) is 0 Å². The van der Waals surface area contributed by atoms with E-state index in [9.17, 15) is 8.42 Å². The quantitative estimate of drug-likeness (QED) is 0.782. The van der Waals surface area contributed by atoms with Crippen LogP contribution in [0, 0.1) is 6.92 Å². The summed E-state index contributed by atoms with van der Waals surface area (Å²) in [5.74, 6) is 1.35. The van der Waals surface area contributed by atoms with Gasteiger partial charge in [-0.2, -0.15) is 8.42 Å². The van der Waals surface area contributed by atoms with E-state index >= 15 is 0 Å². The van der Waals surface area contributed by atoms with E-state index in [4.69, 9.17) is 8.60 Å². The molecule has 1 aromatic heterocycles. The van der Waals surface area contributed by atoms with Crippen molar-refractivity contribution in [3.8, 4) is 0 Å². The van der Waals surface area contributed by atoms with Crippen LogP contribution in [0.4, 0.5) is 0 Å². The van der Waals surface area contributed by atoms with Gasteiger partial charge in [-0.05, 0) is 38.7 Å². The van der Waals surface area contributed by atoms with Crippen molar-refractivity contribution in [2.75, 3.05) is 12.9 Å². The van der Waals surface area contributed by atoms with Crippen LogP contribution in [0.1, 0.15) is 49.4 Å². The molecule has 20 heavy (non-hydrogen) atoms. The lowest BCUT2D eigenvalue weighted by Crippen LogP contribution is -2.06. The molecule has 0 saturated heterocycles. The first kappa shape index (κ1) is 15.3. The fourth-order valence-electron chi connectivity index (χ4n) is 2.36. The minimum atomic E-state index is -3.39. The number of aryl methyl sites for hydroxylation is 1. The van der Waals surface area contributed by atoms with Gasteiger partial charge in [0.05, 0.1) is 18.6 Å². The minimum absolute atomic E-state index is 0.0994. The predicted molar refractivity (Wildman–Crippen MR) is 76.8 cm³/mol. The van der Waals surface area contributed by atoms with Crippen LogP contribution in [-0.4, -0.2) is 26.3 Å². The van der Waals surface area contributed by atoms with Gasteiger partial charge in [0.2, 0.25) is 5.89 Å². The lowest BCUT2D eigenvalue weighted by molar-refractivity contribution is 0.324. The van der Waals surface area contributed by atoms with Crippen LogP contribution in [-0.2, 0) is 20.7 Å². The molecule has 2 rings (SSSR count). The Labute approximate surface area is 120 Å².